The van der Waals surface area contributed by atoms with E-state index in [0.717, 1.165) is 16.6 Å². The highest BCUT2D eigenvalue weighted by atomic mass is 32.1. The lowest BCUT2D eigenvalue weighted by Crippen LogP contribution is -2.43. The molecule has 0 aliphatic heterocycles. The third-order valence-corrected chi connectivity index (χ3v) is 4.45. The van der Waals surface area contributed by atoms with Gasteiger partial charge in [0, 0.05) is 6.04 Å². The van der Waals surface area contributed by atoms with Gasteiger partial charge in [-0.2, -0.15) is 0 Å². The van der Waals surface area contributed by atoms with E-state index in [-0.39, 0.29) is 6.04 Å². The highest BCUT2D eigenvalue weighted by Gasteiger charge is 2.29. The highest BCUT2D eigenvalue weighted by Crippen LogP contribution is 2.28. The fourth-order valence-corrected chi connectivity index (χ4v) is 3.37. The first-order valence-corrected chi connectivity index (χ1v) is 8.22. The number of nitrogens with zero attached hydrogens (tertiary/aromatic N) is 1. The van der Waals surface area contributed by atoms with Gasteiger partial charge in [0.15, 0.2) is 6.10 Å². The Bertz CT molecular complexity index is 608. The number of hydrogen-bond acceptors (Lipinski definition) is 5. The van der Waals surface area contributed by atoms with E-state index in [0.29, 0.717) is 10.9 Å². The van der Waals surface area contributed by atoms with Crippen molar-refractivity contribution in [3.63, 3.8) is 0 Å². The SMILES string of the molecule is CC(C)C[C@H](C)NC(=O)[C@H](O)[C@@H](O)c1nc2ccccc2s1. The molecule has 2 aromatic rings. The number of para-hydroxylation sites is 1. The van der Waals surface area contributed by atoms with Gasteiger partial charge in [-0.1, -0.05) is 26.0 Å². The van der Waals surface area contributed by atoms with Gasteiger partial charge < -0.3 is 15.5 Å². The Hall–Kier alpha value is -1.50. The molecule has 120 valence electrons. The third kappa shape index (κ3) is 4.03. The predicted molar refractivity (Wildman–Crippen MR) is 87.6 cm³/mol. The molecule has 1 aromatic heterocycles. The molecule has 3 N–H and O–H groups in total. The first kappa shape index (κ1) is 16.9. The number of thiazole rings is 1. The average molecular weight is 322 g/mol. The van der Waals surface area contributed by atoms with E-state index in [1.807, 2.05) is 31.2 Å². The summed E-state index contributed by atoms with van der Waals surface area (Å²) in [6, 6.07) is 7.41. The van der Waals surface area contributed by atoms with Gasteiger partial charge in [0.1, 0.15) is 11.1 Å². The van der Waals surface area contributed by atoms with E-state index < -0.39 is 18.1 Å². The second-order valence-corrected chi connectivity index (χ2v) is 7.01. The number of aliphatic hydroxyl groups is 2. The van der Waals surface area contributed by atoms with E-state index in [9.17, 15) is 15.0 Å². The van der Waals surface area contributed by atoms with Crippen LogP contribution in [-0.4, -0.2) is 33.3 Å². The molecule has 1 amide bonds. The van der Waals surface area contributed by atoms with E-state index >= 15 is 0 Å². The molecule has 0 bridgehead atoms. The normalized spacial score (nSPS) is 15.7. The molecule has 1 aromatic carbocycles. The molecular formula is C16H22N2O3S. The lowest BCUT2D eigenvalue weighted by Gasteiger charge is -2.20. The van der Waals surface area contributed by atoms with Crippen molar-refractivity contribution >= 4 is 27.5 Å². The van der Waals surface area contributed by atoms with Crippen LogP contribution in [0.2, 0.25) is 0 Å². The minimum absolute atomic E-state index is 0.0512. The van der Waals surface area contributed by atoms with Gasteiger partial charge in [-0.15, -0.1) is 11.3 Å². The third-order valence-electron chi connectivity index (χ3n) is 3.34. The maximum Gasteiger partial charge on any atom is 0.252 e. The van der Waals surface area contributed by atoms with Gasteiger partial charge in [0.05, 0.1) is 10.2 Å². The Kier molecular flexibility index (Phi) is 5.50. The van der Waals surface area contributed by atoms with Crippen LogP contribution in [0, 0.1) is 5.92 Å². The van der Waals surface area contributed by atoms with E-state index in [1.54, 1.807) is 0 Å². The number of hydrogen-bond donors (Lipinski definition) is 3. The molecule has 0 aliphatic carbocycles. The number of carbonyl (C=O) groups excluding carboxylic acids is 1. The largest absolute Gasteiger partial charge is 0.383 e. The van der Waals surface area contributed by atoms with Gasteiger partial charge in [0.2, 0.25) is 0 Å². The van der Waals surface area contributed by atoms with Crippen molar-refractivity contribution in [2.75, 3.05) is 0 Å². The molecule has 0 radical (unpaired) electrons. The number of carbonyl (C=O) groups is 1. The summed E-state index contributed by atoms with van der Waals surface area (Å²) in [7, 11) is 0. The standard InChI is InChI=1S/C16H22N2O3S/c1-9(2)8-10(3)17-15(21)13(19)14(20)16-18-11-6-4-5-7-12(11)22-16/h4-7,9-10,13-14,19-20H,8H2,1-3H3,(H,17,21)/t10-,13+,14+/m0/s1. The molecule has 0 aliphatic rings. The Morgan fingerprint density at radius 1 is 1.27 bits per heavy atom. The number of benzene rings is 1. The number of amides is 1. The van der Waals surface area contributed by atoms with E-state index in [4.69, 9.17) is 0 Å². The van der Waals surface area contributed by atoms with Crippen LogP contribution in [0.1, 0.15) is 38.3 Å². The number of fused-ring (bicyclic) bond motifs is 1. The summed E-state index contributed by atoms with van der Waals surface area (Å²) in [5.41, 5.74) is 0.752. The molecule has 0 fully saturated rings. The fourth-order valence-electron chi connectivity index (χ4n) is 2.39. The van der Waals surface area contributed by atoms with Crippen molar-refractivity contribution in [3.05, 3.63) is 29.3 Å². The smallest absolute Gasteiger partial charge is 0.252 e. The van der Waals surface area contributed by atoms with Gasteiger partial charge in [-0.25, -0.2) is 4.98 Å². The average Bonchev–Trinajstić information content (AvgIpc) is 2.88. The first-order chi connectivity index (χ1) is 10.4. The van der Waals surface area contributed by atoms with Crippen LogP contribution in [0.5, 0.6) is 0 Å². The van der Waals surface area contributed by atoms with Crippen LogP contribution >= 0.6 is 11.3 Å². The van der Waals surface area contributed by atoms with Crippen LogP contribution in [0.15, 0.2) is 24.3 Å². The van der Waals surface area contributed by atoms with Crippen LogP contribution < -0.4 is 5.32 Å². The van der Waals surface area contributed by atoms with Crippen molar-refractivity contribution < 1.29 is 15.0 Å². The molecule has 2 rings (SSSR count). The lowest BCUT2D eigenvalue weighted by molar-refractivity contribution is -0.136. The molecule has 22 heavy (non-hydrogen) atoms. The maximum absolute atomic E-state index is 12.0. The maximum atomic E-state index is 12.0. The van der Waals surface area contributed by atoms with Gasteiger partial charge in [-0.3, -0.25) is 4.79 Å². The van der Waals surface area contributed by atoms with Crippen LogP contribution in [-0.2, 0) is 4.79 Å². The lowest BCUT2D eigenvalue weighted by atomic mass is 10.0. The topological polar surface area (TPSA) is 82.5 Å². The van der Waals surface area contributed by atoms with Crippen LogP contribution in [0.25, 0.3) is 10.2 Å². The molecule has 0 spiro atoms. The Morgan fingerprint density at radius 2 is 1.95 bits per heavy atom. The molecule has 3 atom stereocenters. The number of nitrogens with one attached hydrogen (secondary N) is 1. The number of rotatable bonds is 6. The molecule has 0 saturated heterocycles. The summed E-state index contributed by atoms with van der Waals surface area (Å²) < 4.78 is 0.914. The summed E-state index contributed by atoms with van der Waals surface area (Å²) in [5.74, 6) is -0.124. The van der Waals surface area contributed by atoms with Crippen molar-refractivity contribution in [1.29, 1.82) is 0 Å². The van der Waals surface area contributed by atoms with E-state index in [1.165, 1.54) is 11.3 Å². The van der Waals surface area contributed by atoms with E-state index in [2.05, 4.69) is 24.1 Å². The van der Waals surface area contributed by atoms with Crippen molar-refractivity contribution in [2.45, 2.75) is 45.4 Å². The van der Waals surface area contributed by atoms with Gasteiger partial charge >= 0.3 is 0 Å². The van der Waals surface area contributed by atoms with Crippen molar-refractivity contribution in [3.8, 4) is 0 Å². The summed E-state index contributed by atoms with van der Waals surface area (Å²) >= 11 is 1.28. The molecule has 1 heterocycles. The molecule has 6 heteroatoms. The molecular weight excluding hydrogens is 300 g/mol. The zero-order chi connectivity index (χ0) is 16.3. The minimum atomic E-state index is -1.52. The first-order valence-electron chi connectivity index (χ1n) is 7.40. The molecule has 0 unspecified atom stereocenters. The minimum Gasteiger partial charge on any atom is -0.383 e. The summed E-state index contributed by atoms with van der Waals surface area (Å²) in [6.07, 6.45) is -2.02. The predicted octanol–water partition coefficient (Wildman–Crippen LogP) is 2.24. The Labute approximate surface area is 134 Å². The van der Waals surface area contributed by atoms with Crippen molar-refractivity contribution in [1.82, 2.24) is 10.3 Å². The summed E-state index contributed by atoms with van der Waals surface area (Å²) in [6.45, 7) is 6.01. The molecule has 0 saturated carbocycles. The number of aromatic nitrogens is 1. The van der Waals surface area contributed by atoms with Gasteiger partial charge in [0.25, 0.3) is 5.91 Å². The Morgan fingerprint density at radius 3 is 2.59 bits per heavy atom. The summed E-state index contributed by atoms with van der Waals surface area (Å²) in [5, 5.41) is 23.3. The Balaban J connectivity index is 2.04. The van der Waals surface area contributed by atoms with Crippen LogP contribution in [0.4, 0.5) is 0 Å². The second-order valence-electron chi connectivity index (χ2n) is 5.95. The van der Waals surface area contributed by atoms with Crippen LogP contribution in [0.3, 0.4) is 0 Å². The highest BCUT2D eigenvalue weighted by molar-refractivity contribution is 7.18. The zero-order valence-corrected chi connectivity index (χ0v) is 13.8. The van der Waals surface area contributed by atoms with Gasteiger partial charge in [-0.05, 0) is 31.4 Å². The molecule has 5 nitrogen and oxygen atoms in total. The summed E-state index contributed by atoms with van der Waals surface area (Å²) in [4.78, 5) is 16.3. The zero-order valence-electron chi connectivity index (χ0n) is 13.0. The fraction of sp³-hybridized carbons (Fsp3) is 0.500. The monoisotopic (exact) mass is 322 g/mol. The number of aliphatic hydroxyl groups excluding tert-OH is 2. The second kappa shape index (κ2) is 7.17. The quantitative estimate of drug-likeness (QED) is 0.762. The van der Waals surface area contributed by atoms with Crippen molar-refractivity contribution in [2.24, 2.45) is 5.92 Å².